The molecule has 0 radical (unpaired) electrons. The fourth-order valence-corrected chi connectivity index (χ4v) is 2.16. The molecule has 0 aliphatic heterocycles. The van der Waals surface area contributed by atoms with Crippen molar-refractivity contribution in [2.45, 2.75) is 26.3 Å². The summed E-state index contributed by atoms with van der Waals surface area (Å²) in [6, 6.07) is 10.2. The van der Waals surface area contributed by atoms with Gasteiger partial charge in [-0.2, -0.15) is 0 Å². The highest BCUT2D eigenvalue weighted by atomic mass is 16.4. The first-order valence-corrected chi connectivity index (χ1v) is 6.42. The Kier molecular flexibility index (Phi) is 4.00. The topological polar surface area (TPSA) is 53.4 Å². The maximum atomic E-state index is 10.8. The van der Waals surface area contributed by atoms with Crippen molar-refractivity contribution in [3.8, 4) is 0 Å². The summed E-state index contributed by atoms with van der Waals surface area (Å²) < 4.78 is 0. The Bertz CT molecular complexity index is 576. The molecule has 1 aromatic carbocycles. The van der Waals surface area contributed by atoms with Gasteiger partial charge in [0.15, 0.2) is 0 Å². The minimum Gasteiger partial charge on any atom is -0.481 e. The van der Waals surface area contributed by atoms with Gasteiger partial charge in [0.2, 0.25) is 0 Å². The lowest BCUT2D eigenvalue weighted by molar-refractivity contribution is -0.136. The van der Waals surface area contributed by atoms with Gasteiger partial charge in [-0.1, -0.05) is 24.3 Å². The number of nitrogens with zero attached hydrogens (tertiary/aromatic N) is 2. The van der Waals surface area contributed by atoms with Gasteiger partial charge in [-0.05, 0) is 25.3 Å². The van der Waals surface area contributed by atoms with Crippen LogP contribution in [0.4, 0.5) is 5.82 Å². The molecule has 0 bridgehead atoms. The van der Waals surface area contributed by atoms with Crippen molar-refractivity contribution in [2.75, 3.05) is 11.4 Å². The Balaban J connectivity index is 2.41. The van der Waals surface area contributed by atoms with E-state index in [1.54, 1.807) is 6.20 Å². The quantitative estimate of drug-likeness (QED) is 0.896. The predicted molar refractivity (Wildman–Crippen MR) is 76.5 cm³/mol. The molecule has 4 heteroatoms. The van der Waals surface area contributed by atoms with Crippen LogP contribution in [0.15, 0.2) is 36.5 Å². The van der Waals surface area contributed by atoms with Crippen LogP contribution in [0.3, 0.4) is 0 Å². The van der Waals surface area contributed by atoms with Crippen LogP contribution in [0.25, 0.3) is 10.8 Å². The van der Waals surface area contributed by atoms with E-state index >= 15 is 0 Å². The van der Waals surface area contributed by atoms with Crippen molar-refractivity contribution in [2.24, 2.45) is 0 Å². The van der Waals surface area contributed by atoms with Crippen molar-refractivity contribution in [3.05, 3.63) is 36.5 Å². The highest BCUT2D eigenvalue weighted by Gasteiger charge is 2.15. The van der Waals surface area contributed by atoms with Gasteiger partial charge >= 0.3 is 5.97 Å². The zero-order valence-corrected chi connectivity index (χ0v) is 11.2. The van der Waals surface area contributed by atoms with Crippen LogP contribution in [0.5, 0.6) is 0 Å². The van der Waals surface area contributed by atoms with Crippen molar-refractivity contribution in [1.29, 1.82) is 0 Å². The van der Waals surface area contributed by atoms with Gasteiger partial charge in [0.1, 0.15) is 5.82 Å². The van der Waals surface area contributed by atoms with E-state index in [0.29, 0.717) is 6.54 Å². The molecular weight excluding hydrogens is 240 g/mol. The molecule has 0 fully saturated rings. The van der Waals surface area contributed by atoms with Gasteiger partial charge in [-0.25, -0.2) is 4.98 Å². The predicted octanol–water partition coefficient (Wildman–Crippen LogP) is 2.92. The first-order chi connectivity index (χ1) is 9.09. The number of anilines is 1. The zero-order chi connectivity index (χ0) is 13.8. The van der Waals surface area contributed by atoms with E-state index < -0.39 is 5.97 Å². The summed E-state index contributed by atoms with van der Waals surface area (Å²) in [5, 5.41) is 11.0. The number of fused-ring (bicyclic) bond motifs is 1. The van der Waals surface area contributed by atoms with Gasteiger partial charge in [-0.3, -0.25) is 4.79 Å². The van der Waals surface area contributed by atoms with E-state index in [2.05, 4.69) is 4.98 Å². The highest BCUT2D eigenvalue weighted by Crippen LogP contribution is 2.25. The Morgan fingerprint density at radius 3 is 2.74 bits per heavy atom. The molecule has 0 aliphatic carbocycles. The van der Waals surface area contributed by atoms with Crippen LogP contribution in [0.2, 0.25) is 0 Å². The molecule has 4 nitrogen and oxygen atoms in total. The Morgan fingerprint density at radius 2 is 2.05 bits per heavy atom. The molecule has 0 unspecified atom stereocenters. The van der Waals surface area contributed by atoms with E-state index in [0.717, 1.165) is 16.6 Å². The second-order valence-electron chi connectivity index (χ2n) is 4.79. The lowest BCUT2D eigenvalue weighted by Crippen LogP contribution is -2.33. The van der Waals surface area contributed by atoms with Crippen LogP contribution in [0.1, 0.15) is 20.3 Å². The molecule has 19 heavy (non-hydrogen) atoms. The molecule has 0 aliphatic rings. The summed E-state index contributed by atoms with van der Waals surface area (Å²) >= 11 is 0. The van der Waals surface area contributed by atoms with Gasteiger partial charge < -0.3 is 10.0 Å². The molecule has 2 rings (SSSR count). The number of carboxylic acid groups (broad SMARTS) is 1. The number of aromatic nitrogens is 1. The monoisotopic (exact) mass is 258 g/mol. The Hall–Kier alpha value is -2.10. The molecule has 1 aromatic heterocycles. The van der Waals surface area contributed by atoms with Crippen molar-refractivity contribution in [1.82, 2.24) is 4.98 Å². The maximum Gasteiger partial charge on any atom is 0.305 e. The van der Waals surface area contributed by atoms with Gasteiger partial charge in [0.25, 0.3) is 0 Å². The molecule has 0 spiro atoms. The lowest BCUT2D eigenvalue weighted by Gasteiger charge is -2.28. The second kappa shape index (κ2) is 5.69. The highest BCUT2D eigenvalue weighted by molar-refractivity contribution is 5.92. The SMILES string of the molecule is CC(C)N(CCC(=O)O)c1nccc2ccccc12. The molecule has 100 valence electrons. The largest absolute Gasteiger partial charge is 0.481 e. The number of carbonyl (C=O) groups is 1. The van der Waals surface area contributed by atoms with Crippen LogP contribution < -0.4 is 4.90 Å². The van der Waals surface area contributed by atoms with Crippen LogP contribution in [-0.4, -0.2) is 28.6 Å². The third-order valence-electron chi connectivity index (χ3n) is 3.11. The molecule has 0 atom stereocenters. The van der Waals surface area contributed by atoms with E-state index in [4.69, 9.17) is 5.11 Å². The minimum absolute atomic E-state index is 0.114. The number of pyridine rings is 1. The number of hydrogen-bond acceptors (Lipinski definition) is 3. The van der Waals surface area contributed by atoms with Crippen LogP contribution in [-0.2, 0) is 4.79 Å². The van der Waals surface area contributed by atoms with E-state index in [1.807, 2.05) is 49.1 Å². The number of hydrogen-bond donors (Lipinski definition) is 1. The fraction of sp³-hybridized carbons (Fsp3) is 0.333. The van der Waals surface area contributed by atoms with Crippen LogP contribution in [0, 0.1) is 0 Å². The van der Waals surface area contributed by atoms with E-state index in [-0.39, 0.29) is 12.5 Å². The summed E-state index contributed by atoms with van der Waals surface area (Å²) in [4.78, 5) is 17.3. The first-order valence-electron chi connectivity index (χ1n) is 6.42. The normalized spacial score (nSPS) is 10.9. The standard InChI is InChI=1S/C15H18N2O2/c1-11(2)17(10-8-14(18)19)15-13-6-4-3-5-12(13)7-9-16-15/h3-7,9,11H,8,10H2,1-2H3,(H,18,19). The van der Waals surface area contributed by atoms with Crippen molar-refractivity contribution >= 4 is 22.6 Å². The number of carboxylic acids is 1. The summed E-state index contributed by atoms with van der Waals surface area (Å²) in [5.41, 5.74) is 0. The van der Waals surface area contributed by atoms with Gasteiger partial charge in [0, 0.05) is 24.2 Å². The first kappa shape index (κ1) is 13.3. The van der Waals surface area contributed by atoms with Crippen LogP contribution >= 0.6 is 0 Å². The summed E-state index contributed by atoms with van der Waals surface area (Å²) in [6.45, 7) is 4.56. The minimum atomic E-state index is -0.786. The molecule has 1 heterocycles. The average Bonchev–Trinajstić information content (AvgIpc) is 2.38. The Morgan fingerprint density at radius 1 is 1.32 bits per heavy atom. The Labute approximate surface area is 112 Å². The van der Waals surface area contributed by atoms with Crippen molar-refractivity contribution in [3.63, 3.8) is 0 Å². The summed E-state index contributed by atoms with van der Waals surface area (Å²) in [6.07, 6.45) is 1.89. The fourth-order valence-electron chi connectivity index (χ4n) is 2.16. The van der Waals surface area contributed by atoms with E-state index in [9.17, 15) is 4.79 Å². The van der Waals surface area contributed by atoms with Crippen molar-refractivity contribution < 1.29 is 9.90 Å². The molecule has 0 saturated carbocycles. The molecular formula is C15H18N2O2. The molecule has 0 amide bonds. The summed E-state index contributed by atoms with van der Waals surface area (Å²) in [7, 11) is 0. The number of rotatable bonds is 5. The molecule has 2 aromatic rings. The number of benzene rings is 1. The van der Waals surface area contributed by atoms with Gasteiger partial charge in [-0.15, -0.1) is 0 Å². The average molecular weight is 258 g/mol. The smallest absolute Gasteiger partial charge is 0.305 e. The third kappa shape index (κ3) is 3.02. The molecule has 1 N–H and O–H groups in total. The summed E-state index contributed by atoms with van der Waals surface area (Å²) in [5.74, 6) is 0.0697. The maximum absolute atomic E-state index is 10.8. The van der Waals surface area contributed by atoms with E-state index in [1.165, 1.54) is 0 Å². The number of aliphatic carboxylic acids is 1. The van der Waals surface area contributed by atoms with Gasteiger partial charge in [0.05, 0.1) is 6.42 Å². The zero-order valence-electron chi connectivity index (χ0n) is 11.2. The lowest BCUT2D eigenvalue weighted by atomic mass is 10.1. The second-order valence-corrected chi connectivity index (χ2v) is 4.79. The molecule has 0 saturated heterocycles. The third-order valence-corrected chi connectivity index (χ3v) is 3.11.